The second-order valence-corrected chi connectivity index (χ2v) is 5.28. The molecule has 0 N–H and O–H groups in total. The van der Waals surface area contributed by atoms with Crippen molar-refractivity contribution in [1.82, 2.24) is 19.9 Å². The number of hydrogen-bond donors (Lipinski definition) is 0. The molecule has 5 heteroatoms. The van der Waals surface area contributed by atoms with Gasteiger partial charge in [-0.05, 0) is 31.0 Å². The van der Waals surface area contributed by atoms with Gasteiger partial charge in [-0.3, -0.25) is 0 Å². The summed E-state index contributed by atoms with van der Waals surface area (Å²) in [6.45, 7) is 3.64. The van der Waals surface area contributed by atoms with Crippen molar-refractivity contribution in [2.45, 2.75) is 19.9 Å². The largest absolute Gasteiger partial charge is 0.350 e. The maximum absolute atomic E-state index is 4.57. The van der Waals surface area contributed by atoms with Gasteiger partial charge in [0.1, 0.15) is 18.0 Å². The Labute approximate surface area is 122 Å². The molecule has 3 aromatic rings. The molecule has 0 aliphatic carbocycles. The van der Waals surface area contributed by atoms with Crippen LogP contribution in [0.3, 0.4) is 0 Å². The van der Waals surface area contributed by atoms with Crippen LogP contribution in [0.1, 0.15) is 17.1 Å². The fourth-order valence-electron chi connectivity index (χ4n) is 2.83. The maximum atomic E-state index is 4.57. The number of hydrogen-bond acceptors (Lipinski definition) is 5. The van der Waals surface area contributed by atoms with E-state index in [1.807, 2.05) is 31.3 Å². The van der Waals surface area contributed by atoms with Crippen molar-refractivity contribution in [3.8, 4) is 0 Å². The summed E-state index contributed by atoms with van der Waals surface area (Å²) in [5, 5.41) is 1.09. The third-order valence-electron chi connectivity index (χ3n) is 3.89. The van der Waals surface area contributed by atoms with E-state index in [0.29, 0.717) is 0 Å². The van der Waals surface area contributed by atoms with E-state index in [0.717, 1.165) is 47.7 Å². The molecule has 2 aromatic heterocycles. The number of benzene rings is 1. The van der Waals surface area contributed by atoms with E-state index in [2.05, 4.69) is 30.9 Å². The van der Waals surface area contributed by atoms with Crippen LogP contribution in [0.2, 0.25) is 0 Å². The number of nitrogens with zero attached hydrogens (tertiary/aromatic N) is 5. The predicted octanol–water partition coefficient (Wildman–Crippen LogP) is 2.29. The molecule has 4 rings (SSSR count). The van der Waals surface area contributed by atoms with E-state index in [4.69, 9.17) is 0 Å². The molecule has 1 aliphatic heterocycles. The maximum Gasteiger partial charge on any atom is 0.140 e. The number of anilines is 1. The molecular weight excluding hydrogens is 262 g/mol. The fourth-order valence-corrected chi connectivity index (χ4v) is 2.83. The summed E-state index contributed by atoms with van der Waals surface area (Å²) in [6, 6.07) is 8.12. The molecule has 104 valence electrons. The van der Waals surface area contributed by atoms with Crippen LogP contribution in [0.4, 0.5) is 5.82 Å². The zero-order valence-corrected chi connectivity index (χ0v) is 11.8. The van der Waals surface area contributed by atoms with Gasteiger partial charge in [0.15, 0.2) is 0 Å². The third kappa shape index (κ3) is 2.11. The average Bonchev–Trinajstić information content (AvgIpc) is 2.53. The summed E-state index contributed by atoms with van der Waals surface area (Å²) in [4.78, 5) is 20.0. The molecule has 0 amide bonds. The van der Waals surface area contributed by atoms with Crippen LogP contribution in [0.5, 0.6) is 0 Å². The van der Waals surface area contributed by atoms with Crippen LogP contribution in [-0.4, -0.2) is 26.5 Å². The van der Waals surface area contributed by atoms with Crippen molar-refractivity contribution in [3.05, 3.63) is 53.9 Å². The smallest absolute Gasteiger partial charge is 0.140 e. The highest BCUT2D eigenvalue weighted by Crippen LogP contribution is 2.27. The van der Waals surface area contributed by atoms with E-state index in [9.17, 15) is 0 Å². The highest BCUT2D eigenvalue weighted by atomic mass is 15.2. The van der Waals surface area contributed by atoms with Gasteiger partial charge >= 0.3 is 0 Å². The molecule has 0 radical (unpaired) electrons. The van der Waals surface area contributed by atoms with E-state index in [-0.39, 0.29) is 0 Å². The Hall–Kier alpha value is -2.56. The van der Waals surface area contributed by atoms with Gasteiger partial charge in [-0.1, -0.05) is 12.1 Å². The predicted molar refractivity (Wildman–Crippen MR) is 81.1 cm³/mol. The molecule has 1 aromatic carbocycles. The molecule has 0 atom stereocenters. The lowest BCUT2D eigenvalue weighted by molar-refractivity contribution is 0.691. The Morgan fingerprint density at radius 3 is 2.95 bits per heavy atom. The van der Waals surface area contributed by atoms with Crippen molar-refractivity contribution in [3.63, 3.8) is 0 Å². The quantitative estimate of drug-likeness (QED) is 0.683. The zero-order chi connectivity index (χ0) is 14.2. The minimum absolute atomic E-state index is 0.777. The van der Waals surface area contributed by atoms with Gasteiger partial charge < -0.3 is 4.90 Å². The summed E-state index contributed by atoms with van der Waals surface area (Å²) in [6.07, 6.45) is 4.54. The molecule has 3 heterocycles. The van der Waals surface area contributed by atoms with Gasteiger partial charge in [0.2, 0.25) is 0 Å². The lowest BCUT2D eigenvalue weighted by atomic mass is 10.1. The van der Waals surface area contributed by atoms with E-state index >= 15 is 0 Å². The summed E-state index contributed by atoms with van der Waals surface area (Å²) in [5.41, 5.74) is 3.33. The van der Waals surface area contributed by atoms with Crippen LogP contribution >= 0.6 is 0 Å². The fraction of sp³-hybridized carbons (Fsp3) is 0.250. The van der Waals surface area contributed by atoms with Gasteiger partial charge in [0.25, 0.3) is 0 Å². The molecule has 5 nitrogen and oxygen atoms in total. The average molecular weight is 277 g/mol. The lowest BCUT2D eigenvalue weighted by Gasteiger charge is -2.29. The van der Waals surface area contributed by atoms with E-state index in [1.165, 1.54) is 5.56 Å². The molecule has 0 saturated heterocycles. The molecule has 0 spiro atoms. The first kappa shape index (κ1) is 12.2. The summed E-state index contributed by atoms with van der Waals surface area (Å²) < 4.78 is 0. The van der Waals surface area contributed by atoms with Crippen LogP contribution in [0.25, 0.3) is 10.9 Å². The van der Waals surface area contributed by atoms with Gasteiger partial charge in [-0.2, -0.15) is 0 Å². The molecule has 0 bridgehead atoms. The first-order valence-corrected chi connectivity index (χ1v) is 7.07. The monoisotopic (exact) mass is 277 g/mol. The Morgan fingerprint density at radius 1 is 1.10 bits per heavy atom. The zero-order valence-electron chi connectivity index (χ0n) is 11.8. The number of fused-ring (bicyclic) bond motifs is 2. The SMILES string of the molecule is Cc1ncc2c(n1)CN(c1ncnc3ccccc13)CC2. The Balaban J connectivity index is 1.77. The van der Waals surface area contributed by atoms with E-state index < -0.39 is 0 Å². The molecule has 21 heavy (non-hydrogen) atoms. The van der Waals surface area contributed by atoms with Crippen LogP contribution in [0.15, 0.2) is 36.8 Å². The summed E-state index contributed by atoms with van der Waals surface area (Å²) in [5.74, 6) is 1.81. The van der Waals surface area contributed by atoms with Crippen molar-refractivity contribution >= 4 is 16.7 Å². The normalized spacial score (nSPS) is 14.2. The van der Waals surface area contributed by atoms with Crippen molar-refractivity contribution in [2.75, 3.05) is 11.4 Å². The Kier molecular flexibility index (Phi) is 2.77. The highest BCUT2D eigenvalue weighted by Gasteiger charge is 2.20. The van der Waals surface area contributed by atoms with Crippen molar-refractivity contribution < 1.29 is 0 Å². The second-order valence-electron chi connectivity index (χ2n) is 5.28. The first-order valence-electron chi connectivity index (χ1n) is 7.07. The Bertz CT molecular complexity index is 809. The topological polar surface area (TPSA) is 54.8 Å². The highest BCUT2D eigenvalue weighted by molar-refractivity contribution is 5.89. The molecule has 0 unspecified atom stereocenters. The molecule has 0 saturated carbocycles. The Morgan fingerprint density at radius 2 is 2.00 bits per heavy atom. The second kappa shape index (κ2) is 4.77. The third-order valence-corrected chi connectivity index (χ3v) is 3.89. The van der Waals surface area contributed by atoms with Gasteiger partial charge in [0.05, 0.1) is 17.8 Å². The molecule has 0 fully saturated rings. The first-order chi connectivity index (χ1) is 10.3. The summed E-state index contributed by atoms with van der Waals surface area (Å²) in [7, 11) is 0. The van der Waals surface area contributed by atoms with Crippen molar-refractivity contribution in [1.29, 1.82) is 0 Å². The van der Waals surface area contributed by atoms with E-state index in [1.54, 1.807) is 6.33 Å². The van der Waals surface area contributed by atoms with Gasteiger partial charge in [-0.15, -0.1) is 0 Å². The summed E-state index contributed by atoms with van der Waals surface area (Å²) >= 11 is 0. The minimum atomic E-state index is 0.777. The van der Waals surface area contributed by atoms with Gasteiger partial charge in [-0.25, -0.2) is 19.9 Å². The number of rotatable bonds is 1. The van der Waals surface area contributed by atoms with Crippen LogP contribution < -0.4 is 4.90 Å². The number of aryl methyl sites for hydroxylation is 1. The van der Waals surface area contributed by atoms with Crippen molar-refractivity contribution in [2.24, 2.45) is 0 Å². The van der Waals surface area contributed by atoms with Crippen LogP contribution in [-0.2, 0) is 13.0 Å². The lowest BCUT2D eigenvalue weighted by Crippen LogP contribution is -2.32. The number of para-hydroxylation sites is 1. The van der Waals surface area contributed by atoms with Crippen LogP contribution in [0, 0.1) is 6.92 Å². The molecule has 1 aliphatic rings. The number of aromatic nitrogens is 4. The molecular formula is C16H15N5. The standard InChI is InChI=1S/C16H15N5/c1-11-17-8-12-6-7-21(9-15(12)20-11)16-13-4-2-3-5-14(13)18-10-19-16/h2-5,8,10H,6-7,9H2,1H3. The van der Waals surface area contributed by atoms with Gasteiger partial charge in [0, 0.05) is 18.1 Å². The minimum Gasteiger partial charge on any atom is -0.350 e.